The zero-order valence-electron chi connectivity index (χ0n) is 12.7. The summed E-state index contributed by atoms with van der Waals surface area (Å²) in [5.74, 6) is 0.726. The van der Waals surface area contributed by atoms with E-state index in [0.717, 1.165) is 28.1 Å². The Morgan fingerprint density at radius 2 is 1.87 bits per heavy atom. The molecule has 0 unspecified atom stereocenters. The molecule has 0 aliphatic rings. The molecule has 1 heterocycles. The molecule has 0 aliphatic carbocycles. The largest absolute Gasteiger partial charge is 0.357 e. The second kappa shape index (κ2) is 7.02. The molecule has 2 aromatic carbocycles. The van der Waals surface area contributed by atoms with Crippen LogP contribution in [0.25, 0.3) is 11.0 Å². The number of para-hydroxylation sites is 2. The number of benzene rings is 2. The molecular weight excluding hydrogens is 306 g/mol. The molecule has 3 rings (SSSR count). The molecule has 0 bridgehead atoms. The van der Waals surface area contributed by atoms with Gasteiger partial charge in [0, 0.05) is 6.54 Å². The fraction of sp³-hybridized carbons (Fsp3) is 0.118. The van der Waals surface area contributed by atoms with Crippen LogP contribution in [0, 0.1) is 0 Å². The van der Waals surface area contributed by atoms with Crippen molar-refractivity contribution < 1.29 is 0 Å². The predicted octanol–water partition coefficient (Wildman–Crippen LogP) is 2.95. The highest BCUT2D eigenvalue weighted by Crippen LogP contribution is 2.10. The van der Waals surface area contributed by atoms with Crippen LogP contribution in [-0.2, 0) is 6.54 Å². The summed E-state index contributed by atoms with van der Waals surface area (Å²) in [4.78, 5) is 7.73. The van der Waals surface area contributed by atoms with Crippen molar-refractivity contribution in [2.24, 2.45) is 5.10 Å². The Labute approximate surface area is 139 Å². The van der Waals surface area contributed by atoms with Gasteiger partial charge in [-0.1, -0.05) is 42.5 Å². The second-order valence-corrected chi connectivity index (χ2v) is 5.49. The van der Waals surface area contributed by atoms with Crippen molar-refractivity contribution in [3.8, 4) is 0 Å². The molecule has 0 amide bonds. The average Bonchev–Trinajstić information content (AvgIpc) is 3.03. The van der Waals surface area contributed by atoms with Gasteiger partial charge in [-0.05, 0) is 36.8 Å². The van der Waals surface area contributed by atoms with Crippen LogP contribution in [0.5, 0.6) is 0 Å². The van der Waals surface area contributed by atoms with Crippen LogP contribution in [0.2, 0.25) is 0 Å². The van der Waals surface area contributed by atoms with E-state index in [1.807, 2.05) is 61.5 Å². The number of rotatable bonds is 4. The third-order valence-corrected chi connectivity index (χ3v) is 3.59. The summed E-state index contributed by atoms with van der Waals surface area (Å²) in [6, 6.07) is 17.9. The summed E-state index contributed by atoms with van der Waals surface area (Å²) in [5, 5.41) is 7.86. The molecule has 3 N–H and O–H groups in total. The summed E-state index contributed by atoms with van der Waals surface area (Å²) in [7, 11) is 0. The van der Waals surface area contributed by atoms with Gasteiger partial charge in [0.25, 0.3) is 0 Å². The van der Waals surface area contributed by atoms with Crippen LogP contribution >= 0.6 is 12.2 Å². The van der Waals surface area contributed by atoms with Crippen LogP contribution in [0.4, 0.5) is 0 Å². The summed E-state index contributed by atoms with van der Waals surface area (Å²) in [5.41, 5.74) is 6.65. The van der Waals surface area contributed by atoms with Crippen molar-refractivity contribution in [3.05, 3.63) is 66.0 Å². The Bertz CT molecular complexity index is 805. The number of aromatic nitrogens is 2. The van der Waals surface area contributed by atoms with Gasteiger partial charge in [-0.25, -0.2) is 4.98 Å². The second-order valence-electron chi connectivity index (χ2n) is 5.08. The number of hydrogen-bond donors (Lipinski definition) is 3. The van der Waals surface area contributed by atoms with Gasteiger partial charge >= 0.3 is 0 Å². The normalized spacial score (nSPS) is 11.4. The van der Waals surface area contributed by atoms with E-state index in [-0.39, 0.29) is 0 Å². The van der Waals surface area contributed by atoms with Gasteiger partial charge in [-0.15, -0.1) is 0 Å². The lowest BCUT2D eigenvalue weighted by Gasteiger charge is -2.07. The van der Waals surface area contributed by atoms with Crippen LogP contribution in [-0.4, -0.2) is 20.8 Å². The summed E-state index contributed by atoms with van der Waals surface area (Å²) in [6.45, 7) is 2.54. The van der Waals surface area contributed by atoms with Gasteiger partial charge in [0.15, 0.2) is 10.9 Å². The minimum Gasteiger partial charge on any atom is -0.357 e. The van der Waals surface area contributed by atoms with E-state index in [1.54, 1.807) is 0 Å². The Morgan fingerprint density at radius 3 is 2.65 bits per heavy atom. The first-order valence-corrected chi connectivity index (χ1v) is 7.70. The number of nitrogens with one attached hydrogen (secondary N) is 3. The first-order chi connectivity index (χ1) is 11.2. The number of nitrogens with zero attached hydrogens (tertiary/aromatic N) is 2. The van der Waals surface area contributed by atoms with Crippen molar-refractivity contribution in [2.75, 3.05) is 0 Å². The van der Waals surface area contributed by atoms with Gasteiger partial charge < -0.3 is 10.3 Å². The minimum absolute atomic E-state index is 0.476. The van der Waals surface area contributed by atoms with Crippen LogP contribution in [0.3, 0.4) is 0 Å². The maximum atomic E-state index is 5.23. The fourth-order valence-corrected chi connectivity index (χ4v) is 2.25. The van der Waals surface area contributed by atoms with Gasteiger partial charge in [-0.2, -0.15) is 5.10 Å². The summed E-state index contributed by atoms with van der Waals surface area (Å²) < 4.78 is 0. The number of fused-ring (bicyclic) bond motifs is 1. The maximum Gasteiger partial charge on any atom is 0.187 e. The van der Waals surface area contributed by atoms with Crippen molar-refractivity contribution >= 4 is 34.1 Å². The molecule has 6 heteroatoms. The maximum absolute atomic E-state index is 5.23. The number of thiocarbonyl (C=S) groups is 1. The van der Waals surface area contributed by atoms with Gasteiger partial charge in [0.05, 0.1) is 11.0 Å². The van der Waals surface area contributed by atoms with Crippen molar-refractivity contribution in [2.45, 2.75) is 13.5 Å². The molecule has 0 radical (unpaired) electrons. The highest BCUT2D eigenvalue weighted by atomic mass is 32.1. The standard InChI is InChI=1S/C17H17N5S/c1-12(16-19-14-9-5-6-10-15(14)20-16)21-22-17(23)18-11-13-7-3-2-4-8-13/h2-10H,11H2,1H3,(H,19,20)(H2,18,22,23)/b21-12+. The van der Waals surface area contributed by atoms with Crippen LogP contribution < -0.4 is 10.7 Å². The molecule has 0 atom stereocenters. The lowest BCUT2D eigenvalue weighted by molar-refractivity contribution is 0.866. The molecule has 5 nitrogen and oxygen atoms in total. The van der Waals surface area contributed by atoms with E-state index >= 15 is 0 Å². The molecule has 116 valence electrons. The van der Waals surface area contributed by atoms with Crippen molar-refractivity contribution in [3.63, 3.8) is 0 Å². The lowest BCUT2D eigenvalue weighted by atomic mass is 10.2. The zero-order chi connectivity index (χ0) is 16.1. The number of imidazole rings is 1. The van der Waals surface area contributed by atoms with Gasteiger partial charge in [-0.3, -0.25) is 5.43 Å². The van der Waals surface area contributed by atoms with Crippen LogP contribution in [0.1, 0.15) is 18.3 Å². The Kier molecular flexibility index (Phi) is 4.63. The van der Waals surface area contributed by atoms with Gasteiger partial charge in [0.1, 0.15) is 5.71 Å². The number of hydrazone groups is 1. The van der Waals surface area contributed by atoms with E-state index in [4.69, 9.17) is 12.2 Å². The molecule has 0 fully saturated rings. The lowest BCUT2D eigenvalue weighted by Crippen LogP contribution is -2.32. The quantitative estimate of drug-likeness (QED) is 0.392. The molecule has 0 aliphatic heterocycles. The summed E-state index contributed by atoms with van der Waals surface area (Å²) in [6.07, 6.45) is 0. The first kappa shape index (κ1) is 15.2. The van der Waals surface area contributed by atoms with E-state index < -0.39 is 0 Å². The Balaban J connectivity index is 1.59. The third-order valence-electron chi connectivity index (χ3n) is 3.35. The van der Waals surface area contributed by atoms with E-state index in [1.165, 1.54) is 0 Å². The minimum atomic E-state index is 0.476. The number of H-pyrrole nitrogens is 1. The van der Waals surface area contributed by atoms with Crippen molar-refractivity contribution in [1.82, 2.24) is 20.7 Å². The smallest absolute Gasteiger partial charge is 0.187 e. The number of aromatic amines is 1. The molecular formula is C17H17N5S. The number of hydrogen-bond acceptors (Lipinski definition) is 3. The Hall–Kier alpha value is -2.73. The first-order valence-electron chi connectivity index (χ1n) is 7.29. The molecule has 0 saturated heterocycles. The topological polar surface area (TPSA) is 65.1 Å². The predicted molar refractivity (Wildman–Crippen MR) is 97.3 cm³/mol. The van der Waals surface area contributed by atoms with Crippen molar-refractivity contribution in [1.29, 1.82) is 0 Å². The van der Waals surface area contributed by atoms with E-state index in [0.29, 0.717) is 11.7 Å². The van der Waals surface area contributed by atoms with E-state index in [9.17, 15) is 0 Å². The summed E-state index contributed by atoms with van der Waals surface area (Å²) >= 11 is 5.23. The molecule has 0 spiro atoms. The monoisotopic (exact) mass is 323 g/mol. The third kappa shape index (κ3) is 3.92. The fourth-order valence-electron chi connectivity index (χ4n) is 2.13. The molecule has 1 aromatic heterocycles. The SMILES string of the molecule is C/C(=N\NC(=S)NCc1ccccc1)c1nc2ccccc2[nH]1. The van der Waals surface area contributed by atoms with Crippen LogP contribution in [0.15, 0.2) is 59.7 Å². The van der Waals surface area contributed by atoms with E-state index in [2.05, 4.69) is 25.8 Å². The molecule has 0 saturated carbocycles. The Morgan fingerprint density at radius 1 is 1.13 bits per heavy atom. The molecule has 3 aromatic rings. The average molecular weight is 323 g/mol. The highest BCUT2D eigenvalue weighted by molar-refractivity contribution is 7.80. The highest BCUT2D eigenvalue weighted by Gasteiger charge is 2.05. The zero-order valence-corrected chi connectivity index (χ0v) is 13.5. The molecule has 23 heavy (non-hydrogen) atoms. The van der Waals surface area contributed by atoms with Gasteiger partial charge in [0.2, 0.25) is 0 Å².